The topological polar surface area (TPSA) is 17.1 Å². The predicted octanol–water partition coefficient (Wildman–Crippen LogP) is 1.72. The molecule has 0 rings (SSSR count). The van der Waals surface area contributed by atoms with Crippen LogP contribution >= 0.6 is 11.8 Å². The van der Waals surface area contributed by atoms with Crippen molar-refractivity contribution in [2.24, 2.45) is 0 Å². The summed E-state index contributed by atoms with van der Waals surface area (Å²) in [5.41, 5.74) is 0. The molecule has 0 bridgehead atoms. The summed E-state index contributed by atoms with van der Waals surface area (Å²) in [5.74, 6) is 1.10. The number of hydrogen-bond acceptors (Lipinski definition) is 2. The highest BCUT2D eigenvalue weighted by Gasteiger charge is 1.95. The van der Waals surface area contributed by atoms with Gasteiger partial charge in [0.05, 0.1) is 5.25 Å². The molecule has 0 aliphatic heterocycles. The molecule has 1 nitrogen and oxygen atoms in total. The van der Waals surface area contributed by atoms with Gasteiger partial charge in [-0.3, -0.25) is 0 Å². The van der Waals surface area contributed by atoms with Crippen LogP contribution < -0.4 is 0 Å². The lowest BCUT2D eigenvalue weighted by molar-refractivity contribution is -0.107. The third-order valence-corrected chi connectivity index (χ3v) is 2.06. The molecule has 8 heavy (non-hydrogen) atoms. The molecule has 2 heteroatoms. The third-order valence-electron chi connectivity index (χ3n) is 0.777. The molecule has 1 unspecified atom stereocenters. The number of thioether (sulfide) groups is 1. The van der Waals surface area contributed by atoms with Crippen molar-refractivity contribution in [1.82, 2.24) is 0 Å². The zero-order chi connectivity index (χ0) is 6.41. The van der Waals surface area contributed by atoms with E-state index in [-0.39, 0.29) is 5.25 Å². The minimum atomic E-state index is 0.190. The lowest BCUT2D eigenvalue weighted by Crippen LogP contribution is -1.96. The van der Waals surface area contributed by atoms with Gasteiger partial charge < -0.3 is 4.79 Å². The van der Waals surface area contributed by atoms with E-state index < -0.39 is 0 Å². The van der Waals surface area contributed by atoms with Crippen molar-refractivity contribution in [3.05, 3.63) is 0 Å². The van der Waals surface area contributed by atoms with Crippen LogP contribution in [-0.4, -0.2) is 17.3 Å². The number of hydrogen-bond donors (Lipinski definition) is 0. The average molecular weight is 132 g/mol. The van der Waals surface area contributed by atoms with Crippen LogP contribution in [0.5, 0.6) is 0 Å². The lowest BCUT2D eigenvalue weighted by Gasteiger charge is -1.98. The molecule has 1 atom stereocenters. The van der Waals surface area contributed by atoms with Crippen LogP contribution in [0.15, 0.2) is 0 Å². The first kappa shape index (κ1) is 8.02. The SMILES string of the molecule is CCCSC(C)C=O. The van der Waals surface area contributed by atoms with Gasteiger partial charge in [0.25, 0.3) is 0 Å². The lowest BCUT2D eigenvalue weighted by atomic mass is 10.5. The molecule has 0 saturated heterocycles. The van der Waals surface area contributed by atoms with E-state index in [1.807, 2.05) is 6.92 Å². The monoisotopic (exact) mass is 132 g/mol. The van der Waals surface area contributed by atoms with Crippen molar-refractivity contribution in [2.75, 3.05) is 5.75 Å². The van der Waals surface area contributed by atoms with Gasteiger partial charge in [-0.05, 0) is 19.1 Å². The molecule has 0 aliphatic carbocycles. The minimum Gasteiger partial charge on any atom is -0.302 e. The molecular formula is C6H12OS. The maximum absolute atomic E-state index is 9.99. The maximum Gasteiger partial charge on any atom is 0.132 e. The molecule has 0 spiro atoms. The molecule has 0 N–H and O–H groups in total. The van der Waals surface area contributed by atoms with E-state index in [2.05, 4.69) is 6.92 Å². The van der Waals surface area contributed by atoms with Crippen molar-refractivity contribution < 1.29 is 4.79 Å². The van der Waals surface area contributed by atoms with Gasteiger partial charge in [-0.1, -0.05) is 6.92 Å². The highest BCUT2D eigenvalue weighted by Crippen LogP contribution is 2.07. The number of carbonyl (C=O) groups is 1. The molecule has 0 radical (unpaired) electrons. The Bertz CT molecular complexity index is 63.5. The zero-order valence-electron chi connectivity index (χ0n) is 5.39. The van der Waals surface area contributed by atoms with E-state index in [0.29, 0.717) is 0 Å². The quantitative estimate of drug-likeness (QED) is 0.542. The van der Waals surface area contributed by atoms with E-state index in [0.717, 1.165) is 18.5 Å². The van der Waals surface area contributed by atoms with Crippen molar-refractivity contribution in [3.8, 4) is 0 Å². The largest absolute Gasteiger partial charge is 0.302 e. The summed E-state index contributed by atoms with van der Waals surface area (Å²) in [6.07, 6.45) is 2.14. The Balaban J connectivity index is 2.98. The normalized spacial score (nSPS) is 13.2. The fourth-order valence-corrected chi connectivity index (χ4v) is 1.03. The Labute approximate surface area is 54.8 Å². The number of aldehydes is 1. The van der Waals surface area contributed by atoms with Gasteiger partial charge in [-0.2, -0.15) is 11.8 Å². The second-order valence-electron chi connectivity index (χ2n) is 1.71. The Morgan fingerprint density at radius 2 is 2.38 bits per heavy atom. The van der Waals surface area contributed by atoms with Crippen molar-refractivity contribution >= 4 is 18.0 Å². The molecule has 0 aromatic rings. The second-order valence-corrected chi connectivity index (χ2v) is 3.20. The Kier molecular flexibility index (Phi) is 5.18. The van der Waals surface area contributed by atoms with Crippen LogP contribution in [0.4, 0.5) is 0 Å². The first-order valence-corrected chi connectivity index (χ1v) is 3.93. The highest BCUT2D eigenvalue weighted by molar-refractivity contribution is 8.00. The first-order chi connectivity index (χ1) is 3.81. The molecule has 0 saturated carbocycles. The van der Waals surface area contributed by atoms with Crippen molar-refractivity contribution in [3.63, 3.8) is 0 Å². The summed E-state index contributed by atoms with van der Waals surface area (Å²) < 4.78 is 0. The number of rotatable bonds is 4. The summed E-state index contributed by atoms with van der Waals surface area (Å²) in [5, 5.41) is 0.190. The number of carbonyl (C=O) groups excluding carboxylic acids is 1. The van der Waals surface area contributed by atoms with Crippen molar-refractivity contribution in [1.29, 1.82) is 0 Å². The smallest absolute Gasteiger partial charge is 0.132 e. The van der Waals surface area contributed by atoms with Gasteiger partial charge >= 0.3 is 0 Å². The summed E-state index contributed by atoms with van der Waals surface area (Å²) in [6, 6.07) is 0. The van der Waals surface area contributed by atoms with Gasteiger partial charge in [0.1, 0.15) is 6.29 Å². The van der Waals surface area contributed by atoms with Crippen LogP contribution in [0.2, 0.25) is 0 Å². The average Bonchev–Trinajstić information content (AvgIpc) is 1.83. The third kappa shape index (κ3) is 4.19. The predicted molar refractivity (Wildman–Crippen MR) is 38.3 cm³/mol. The molecule has 0 fully saturated rings. The zero-order valence-corrected chi connectivity index (χ0v) is 6.20. The summed E-state index contributed by atoms with van der Waals surface area (Å²) in [7, 11) is 0. The Hall–Kier alpha value is 0.0200. The Morgan fingerprint density at radius 1 is 1.75 bits per heavy atom. The molecule has 0 heterocycles. The molecule has 48 valence electrons. The molecule has 0 amide bonds. The fourth-order valence-electron chi connectivity index (χ4n) is 0.343. The first-order valence-electron chi connectivity index (χ1n) is 2.88. The van der Waals surface area contributed by atoms with Gasteiger partial charge in [0.15, 0.2) is 0 Å². The summed E-state index contributed by atoms with van der Waals surface area (Å²) in [6.45, 7) is 4.04. The van der Waals surface area contributed by atoms with Crippen LogP contribution in [-0.2, 0) is 4.79 Å². The van der Waals surface area contributed by atoms with E-state index in [1.165, 1.54) is 0 Å². The van der Waals surface area contributed by atoms with Gasteiger partial charge in [0, 0.05) is 0 Å². The second kappa shape index (κ2) is 5.16. The van der Waals surface area contributed by atoms with Crippen LogP contribution in [0.1, 0.15) is 20.3 Å². The molecular weight excluding hydrogens is 120 g/mol. The van der Waals surface area contributed by atoms with E-state index >= 15 is 0 Å². The van der Waals surface area contributed by atoms with Gasteiger partial charge in [-0.15, -0.1) is 0 Å². The van der Waals surface area contributed by atoms with Crippen LogP contribution in [0, 0.1) is 0 Å². The van der Waals surface area contributed by atoms with Gasteiger partial charge in [-0.25, -0.2) is 0 Å². The molecule has 0 aliphatic rings. The molecule has 0 aromatic carbocycles. The summed E-state index contributed by atoms with van der Waals surface area (Å²) in [4.78, 5) is 9.99. The summed E-state index contributed by atoms with van der Waals surface area (Å²) >= 11 is 1.71. The van der Waals surface area contributed by atoms with Gasteiger partial charge in [0.2, 0.25) is 0 Å². The van der Waals surface area contributed by atoms with E-state index in [4.69, 9.17) is 0 Å². The maximum atomic E-state index is 9.99. The van der Waals surface area contributed by atoms with E-state index in [1.54, 1.807) is 11.8 Å². The van der Waals surface area contributed by atoms with Crippen molar-refractivity contribution in [2.45, 2.75) is 25.5 Å². The molecule has 0 aromatic heterocycles. The van der Waals surface area contributed by atoms with Crippen LogP contribution in [0.25, 0.3) is 0 Å². The fraction of sp³-hybridized carbons (Fsp3) is 0.833. The highest BCUT2D eigenvalue weighted by atomic mass is 32.2. The standard InChI is InChI=1S/C6H12OS/c1-3-4-8-6(2)5-7/h5-6H,3-4H2,1-2H3. The Morgan fingerprint density at radius 3 is 2.75 bits per heavy atom. The van der Waals surface area contributed by atoms with E-state index in [9.17, 15) is 4.79 Å². The van der Waals surface area contributed by atoms with Crippen LogP contribution in [0.3, 0.4) is 0 Å². The minimum absolute atomic E-state index is 0.190.